The second kappa shape index (κ2) is 52.2. The molecule has 45 N–H and O–H groups in total. The summed E-state index contributed by atoms with van der Waals surface area (Å²) < 4.78 is 128. The maximum Gasteiger partial charge on any atom is 0.364 e. The lowest BCUT2D eigenvalue weighted by molar-refractivity contribution is -0.426. The lowest BCUT2D eigenvalue weighted by Gasteiger charge is -2.53. The van der Waals surface area contributed by atoms with E-state index < -0.39 is 478 Å². The minimum absolute atomic E-state index is 0.879. The van der Waals surface area contributed by atoms with E-state index in [1.807, 2.05) is 0 Å². The van der Waals surface area contributed by atoms with Gasteiger partial charge in [0.05, 0.1) is 110 Å². The first-order valence-electron chi connectivity index (χ1n) is 45.1. The van der Waals surface area contributed by atoms with Crippen molar-refractivity contribution in [3.8, 4) is 0 Å². The Morgan fingerprint density at radius 3 is 0.986 bits per heavy atom. The first-order chi connectivity index (χ1) is 67.6. The summed E-state index contributed by atoms with van der Waals surface area (Å²) in [6.07, 6.45) is -141. The molecular formula is C77H134N2O64. The van der Waals surface area contributed by atoms with E-state index in [-0.39, 0.29) is 0 Å². The number of carboxylic acid groups (broad SMARTS) is 1. The number of carboxylic acids is 1. The highest BCUT2D eigenvalue weighted by molar-refractivity contribution is 5.76. The van der Waals surface area contributed by atoms with Crippen molar-refractivity contribution in [2.75, 3.05) is 85.9 Å². The van der Waals surface area contributed by atoms with Crippen molar-refractivity contribution < 1.29 is 318 Å². The van der Waals surface area contributed by atoms with Gasteiger partial charge in [-0.25, -0.2) is 4.79 Å². The topological polar surface area (TPSA) is 1100 Å². The van der Waals surface area contributed by atoms with Crippen molar-refractivity contribution in [1.82, 2.24) is 0 Å². The molecule has 0 bridgehead atoms. The fourth-order valence-electron chi connectivity index (χ4n) is 18.0. The SMILES string of the molecule is N[C@H]1[C@H](OC[C@@H](O)[C@@H](O)[C@H](O)[C@@H](N)CO)O[C@H](CO[C@]2(C(=O)O)C[C@@H](O)[C@@H](O[C@H]3O[C@H]([C@@H](O)CO)[C@@H](O[C@@H]4O[C@H](CO)[C@@H](O[C@@H]5O[C@H](CO)[C@@H](O)[C@H](O)[C@H]5O)[C@H](O)[C@H]4O)[C@H](O[C@H]4O[C@H]([C@@H](O)CO)[C@@H](O)[C@H](O[C@H]5O[C@H](CO)[C@@H](O[C@@H]6O[C@H](CO)[C@@H](O[C@@H]7O[C@H](CO)[C@H](O[C@H]8O[C@H](CO)[C@H](O)[C@H](O)[C@H]8O)[C@H](O)[C@H]7O)[C@H](O)[C@H]6O)[C@H](O)[C@H]5O)[C@@H]4O[C@H]4O[C@H]([C@@H](O)CO)[C@@H](O)[C@H](O)[C@@H]4O)[C@@H]3O)[C@@H]([C@H](O)CO)O2)[C@@H](O)[C@@H]1O. The van der Waals surface area contributed by atoms with Crippen molar-refractivity contribution in [3.63, 3.8) is 0 Å². The molecule has 11 heterocycles. The highest BCUT2D eigenvalue weighted by Crippen LogP contribution is 2.45. The Hall–Kier alpha value is -3.09. The molecule has 0 unspecified atom stereocenters. The minimum atomic E-state index is -3.39. The fraction of sp³-hybridized carbons (Fsp3) is 0.987. The van der Waals surface area contributed by atoms with Crippen LogP contribution in [0.2, 0.25) is 0 Å². The monoisotopic (exact) mass is 2110 g/mol. The highest BCUT2D eigenvalue weighted by Gasteiger charge is 2.66. The van der Waals surface area contributed by atoms with Crippen molar-refractivity contribution in [2.24, 2.45) is 11.5 Å². The Morgan fingerprint density at radius 1 is 0.287 bits per heavy atom. The molecule has 11 rings (SSSR count). The van der Waals surface area contributed by atoms with E-state index in [4.69, 9.17) is 116 Å². The molecule has 836 valence electrons. The zero-order chi connectivity index (χ0) is 106. The van der Waals surface area contributed by atoms with Crippen LogP contribution >= 0.6 is 0 Å². The van der Waals surface area contributed by atoms with E-state index in [2.05, 4.69) is 0 Å². The number of aliphatic hydroxyl groups excluding tert-OH is 40. The predicted molar refractivity (Wildman–Crippen MR) is 430 cm³/mol. The quantitative estimate of drug-likeness (QED) is 0.0270. The Morgan fingerprint density at radius 2 is 0.587 bits per heavy atom. The van der Waals surface area contributed by atoms with Gasteiger partial charge in [-0.3, -0.25) is 0 Å². The molecule has 11 aliphatic heterocycles. The molecule has 0 aromatic heterocycles. The van der Waals surface area contributed by atoms with E-state index in [0.29, 0.717) is 0 Å². The molecule has 11 saturated heterocycles. The molecule has 0 aliphatic carbocycles. The standard InChI is InChI=1S/C77H134N2O64/c78-15(2-80)30(97)31(98)21(96)13-122-66-29(79)35(102)34(101)28(130-66)14-123-77(76(120)121)1-16(91)55(57(143-77)20(95)6-84)133-74-52(119)63(64(56(134-74)19(94)5-83)141-72-50(117)43(110)59(27(12-90)129-72)136-68-45(112)37(104)33(100)23(8-86)125-68)140-75-65(142-73-46(113)38(105)39(106)53(131-73)17(92)3-81)62(51(118)54(132-75)18(93)4-82)139-71-49(116)42(109)61(26(11-89)128-71)138-70-48(115)41(108)60(25(10-88)127-70)137-69-47(114)40(107)58(24(9-87)126-69)135-67-44(111)36(103)32(99)22(7-85)124-67/h15-75,80-119H,1-14,78-79H2,(H,120,121)/t15-,16+,17-,18-,19-,20+,21+,22+,23+,24+,25+,26+,27+,28+,29+,30+,31+,32-,33+,34+,35+,36-,37-,38-,39-,40+,41+,42+,43+,44+,45+,46-,47+,48+,49+,50+,51+,52-,53+,54+,55+,56+,57+,58-,59+,60+,61+,62-,63+,64+,65-,66+,67+,68-,69-,70-,71+,72-,73+,74-,75+,77+/m0/s1. The Kier molecular flexibility index (Phi) is 43.9. The van der Waals surface area contributed by atoms with Crippen LogP contribution in [0.5, 0.6) is 0 Å². The largest absolute Gasteiger partial charge is 0.477 e. The molecular weight excluding hydrogens is 1980 g/mol. The molecule has 143 heavy (non-hydrogen) atoms. The molecule has 0 radical (unpaired) electrons. The van der Waals surface area contributed by atoms with Gasteiger partial charge < -0.3 is 325 Å². The molecule has 0 saturated carbocycles. The van der Waals surface area contributed by atoms with Gasteiger partial charge >= 0.3 is 5.97 Å². The first-order valence-corrected chi connectivity index (χ1v) is 45.1. The van der Waals surface area contributed by atoms with E-state index in [1.54, 1.807) is 0 Å². The molecule has 66 nitrogen and oxygen atoms in total. The summed E-state index contributed by atoms with van der Waals surface area (Å²) in [6.45, 7) is -16.3. The minimum Gasteiger partial charge on any atom is -0.477 e. The summed E-state index contributed by atoms with van der Waals surface area (Å²) in [6, 6.07) is -3.25. The van der Waals surface area contributed by atoms with Crippen molar-refractivity contribution >= 4 is 5.97 Å². The average molecular weight is 2110 g/mol. The van der Waals surface area contributed by atoms with Crippen molar-refractivity contribution in [1.29, 1.82) is 0 Å². The number of rotatable bonds is 43. The Bertz CT molecular complexity index is 3770. The van der Waals surface area contributed by atoms with Gasteiger partial charge in [-0.2, -0.15) is 0 Å². The van der Waals surface area contributed by atoms with Crippen molar-refractivity contribution in [3.05, 3.63) is 0 Å². The zero-order valence-corrected chi connectivity index (χ0v) is 75.0. The molecule has 11 fully saturated rings. The predicted octanol–water partition coefficient (Wildman–Crippen LogP) is -29.7. The maximum atomic E-state index is 13.6. The van der Waals surface area contributed by atoms with Gasteiger partial charge in [0.25, 0.3) is 5.79 Å². The molecule has 0 spiro atoms. The summed E-state index contributed by atoms with van der Waals surface area (Å²) in [5.41, 5.74) is 11.6. The van der Waals surface area contributed by atoms with Crippen LogP contribution in [-0.2, 0) is 109 Å². The summed E-state index contributed by atoms with van der Waals surface area (Å²) in [5.74, 6) is -5.62. The van der Waals surface area contributed by atoms with Gasteiger partial charge in [-0.15, -0.1) is 0 Å². The van der Waals surface area contributed by atoms with E-state index in [0.717, 1.165) is 0 Å². The van der Waals surface area contributed by atoms with Gasteiger partial charge in [-0.05, 0) is 0 Å². The van der Waals surface area contributed by atoms with E-state index in [1.165, 1.54) is 0 Å². The molecule has 0 aromatic rings. The van der Waals surface area contributed by atoms with Crippen LogP contribution in [-0.4, -0.2) is 681 Å². The summed E-state index contributed by atoms with van der Waals surface area (Å²) in [4.78, 5) is 13.6. The number of nitrogens with two attached hydrogens (primary N) is 2. The highest BCUT2D eigenvalue weighted by atomic mass is 16.8. The average Bonchev–Trinajstić information content (AvgIpc) is 0.471. The van der Waals surface area contributed by atoms with Crippen LogP contribution in [0, 0.1) is 0 Å². The summed E-state index contributed by atoms with van der Waals surface area (Å²) in [5, 5.41) is 456. The number of carbonyl (C=O) groups is 1. The second-order valence-corrected chi connectivity index (χ2v) is 36.0. The molecule has 11 aliphatic rings. The number of aliphatic hydroxyl groups is 40. The van der Waals surface area contributed by atoms with Crippen LogP contribution in [0.4, 0.5) is 0 Å². The second-order valence-electron chi connectivity index (χ2n) is 36.0. The smallest absolute Gasteiger partial charge is 0.364 e. The van der Waals surface area contributed by atoms with Gasteiger partial charge in [-0.1, -0.05) is 0 Å². The third-order valence-electron chi connectivity index (χ3n) is 26.5. The van der Waals surface area contributed by atoms with E-state index in [9.17, 15) is 214 Å². The Labute approximate surface area is 805 Å². The van der Waals surface area contributed by atoms with Crippen LogP contribution < -0.4 is 11.5 Å². The molecule has 0 aromatic carbocycles. The lowest BCUT2D eigenvalue weighted by Crippen LogP contribution is -2.71. The normalized spacial score (nSPS) is 49.5. The van der Waals surface area contributed by atoms with Gasteiger partial charge in [0.2, 0.25) is 0 Å². The number of aliphatic carboxylic acids is 1. The zero-order valence-electron chi connectivity index (χ0n) is 75.0. The van der Waals surface area contributed by atoms with Crippen molar-refractivity contribution in [2.45, 2.75) is 386 Å². The van der Waals surface area contributed by atoms with Gasteiger partial charge in [0.1, 0.15) is 287 Å². The molecule has 62 atom stereocenters. The van der Waals surface area contributed by atoms with Gasteiger partial charge in [0, 0.05) is 6.42 Å². The number of hydrogen-bond donors (Lipinski definition) is 43. The third-order valence-corrected chi connectivity index (χ3v) is 26.5. The maximum absolute atomic E-state index is 13.6. The summed E-state index contributed by atoms with van der Waals surface area (Å²) in [7, 11) is 0. The third kappa shape index (κ3) is 25.8. The Balaban J connectivity index is 0.923. The van der Waals surface area contributed by atoms with Crippen LogP contribution in [0.1, 0.15) is 6.42 Å². The number of hydrogen-bond acceptors (Lipinski definition) is 65. The lowest BCUT2D eigenvalue weighted by atomic mass is 9.91. The van der Waals surface area contributed by atoms with E-state index >= 15 is 0 Å². The van der Waals surface area contributed by atoms with Crippen LogP contribution in [0.25, 0.3) is 0 Å². The molecule has 0 amide bonds. The first kappa shape index (κ1) is 120. The van der Waals surface area contributed by atoms with Crippen LogP contribution in [0.3, 0.4) is 0 Å². The summed E-state index contributed by atoms with van der Waals surface area (Å²) >= 11 is 0. The number of ether oxygens (including phenoxy) is 22. The molecule has 66 heteroatoms. The van der Waals surface area contributed by atoms with Crippen LogP contribution in [0.15, 0.2) is 0 Å². The van der Waals surface area contributed by atoms with Gasteiger partial charge in [0.15, 0.2) is 62.9 Å². The fourth-order valence-corrected chi connectivity index (χ4v) is 18.0.